The molecule has 7 nitrogen and oxygen atoms in total. The summed E-state index contributed by atoms with van der Waals surface area (Å²) in [6, 6.07) is 7.34. The number of piperidine rings is 1. The number of nitrogens with zero attached hydrogens (tertiary/aromatic N) is 1. The average molecular weight is 535 g/mol. The predicted molar refractivity (Wildman–Crippen MR) is 125 cm³/mol. The number of likely N-dealkylation sites (tertiary alicyclic amines) is 1. The number of halogens is 4. The number of amides is 2. The van der Waals surface area contributed by atoms with Crippen molar-refractivity contribution in [3.8, 4) is 0 Å². The fraction of sp³-hybridized carbons (Fsp3) is 0.478. The monoisotopic (exact) mass is 534 g/mol. The molecule has 1 aliphatic heterocycles. The maximum Gasteiger partial charge on any atom is 0.524 e. The SMILES string of the molecule is CS(=O)(=O)CCC(=O)N1CCCCC1C(=O)NC1=CC=C(c2ccccc2)C(Cl)(OC(F)(F)F)C1. The van der Waals surface area contributed by atoms with Crippen LogP contribution in [-0.4, -0.2) is 61.1 Å². The minimum atomic E-state index is -5.03. The molecule has 192 valence electrons. The van der Waals surface area contributed by atoms with Crippen molar-refractivity contribution in [1.29, 1.82) is 0 Å². The number of sulfone groups is 1. The minimum Gasteiger partial charge on any atom is -0.331 e. The van der Waals surface area contributed by atoms with Crippen LogP contribution in [0.3, 0.4) is 0 Å². The maximum absolute atomic E-state index is 13.2. The van der Waals surface area contributed by atoms with Crippen LogP contribution in [0.4, 0.5) is 13.2 Å². The van der Waals surface area contributed by atoms with Crippen LogP contribution in [0.2, 0.25) is 0 Å². The molecule has 0 saturated carbocycles. The molecule has 2 amide bonds. The van der Waals surface area contributed by atoms with Crippen LogP contribution >= 0.6 is 11.6 Å². The highest BCUT2D eigenvalue weighted by molar-refractivity contribution is 7.90. The van der Waals surface area contributed by atoms with Gasteiger partial charge in [-0.2, -0.15) is 0 Å². The second kappa shape index (κ2) is 10.7. The van der Waals surface area contributed by atoms with Crippen molar-refractivity contribution >= 4 is 38.8 Å². The highest BCUT2D eigenvalue weighted by atomic mass is 35.5. The minimum absolute atomic E-state index is 0.0883. The fourth-order valence-corrected chi connectivity index (χ4v) is 5.11. The Kier molecular flexibility index (Phi) is 8.33. The van der Waals surface area contributed by atoms with Gasteiger partial charge in [-0.15, -0.1) is 13.2 Å². The molecule has 12 heteroatoms. The molecular formula is C23H26ClF3N2O5S. The number of hydrogen-bond acceptors (Lipinski definition) is 5. The lowest BCUT2D eigenvalue weighted by molar-refractivity contribution is -0.342. The molecular weight excluding hydrogens is 509 g/mol. The summed E-state index contributed by atoms with van der Waals surface area (Å²) in [6.45, 7) is 0.286. The number of allylic oxidation sites excluding steroid dienone is 2. The zero-order valence-corrected chi connectivity index (χ0v) is 20.5. The molecule has 1 aromatic rings. The first-order chi connectivity index (χ1) is 16.3. The van der Waals surface area contributed by atoms with E-state index in [1.54, 1.807) is 30.3 Å². The summed E-state index contributed by atoms with van der Waals surface area (Å²) in [5, 5.41) is 0.281. The van der Waals surface area contributed by atoms with Crippen molar-refractivity contribution in [2.24, 2.45) is 0 Å². The summed E-state index contributed by atoms with van der Waals surface area (Å²) in [6.07, 6.45) is -0.245. The summed E-state index contributed by atoms with van der Waals surface area (Å²) >= 11 is 6.36. The molecule has 1 N–H and O–H groups in total. The van der Waals surface area contributed by atoms with Gasteiger partial charge in [-0.05, 0) is 30.9 Å². The second-order valence-electron chi connectivity index (χ2n) is 8.56. The van der Waals surface area contributed by atoms with Gasteiger partial charge in [-0.3, -0.25) is 14.3 Å². The second-order valence-corrected chi connectivity index (χ2v) is 11.4. The average Bonchev–Trinajstić information content (AvgIpc) is 2.76. The molecule has 0 radical (unpaired) electrons. The van der Waals surface area contributed by atoms with Gasteiger partial charge in [-0.25, -0.2) is 8.42 Å². The Morgan fingerprint density at radius 1 is 1.20 bits per heavy atom. The van der Waals surface area contributed by atoms with Crippen molar-refractivity contribution in [2.75, 3.05) is 18.6 Å². The van der Waals surface area contributed by atoms with E-state index >= 15 is 0 Å². The first-order valence-corrected chi connectivity index (χ1v) is 13.4. The van der Waals surface area contributed by atoms with Crippen LogP contribution in [0.5, 0.6) is 0 Å². The van der Waals surface area contributed by atoms with Crippen LogP contribution in [0, 0.1) is 0 Å². The van der Waals surface area contributed by atoms with E-state index in [9.17, 15) is 31.2 Å². The molecule has 1 fully saturated rings. The smallest absolute Gasteiger partial charge is 0.331 e. The molecule has 1 aliphatic carbocycles. The zero-order valence-electron chi connectivity index (χ0n) is 19.0. The molecule has 0 spiro atoms. The fourth-order valence-electron chi connectivity index (χ4n) is 4.16. The van der Waals surface area contributed by atoms with E-state index in [0.717, 1.165) is 6.26 Å². The van der Waals surface area contributed by atoms with Crippen molar-refractivity contribution in [3.63, 3.8) is 0 Å². The molecule has 1 aromatic carbocycles. The number of benzene rings is 1. The normalized spacial score (nSPS) is 23.3. The van der Waals surface area contributed by atoms with E-state index in [1.165, 1.54) is 17.1 Å². The van der Waals surface area contributed by atoms with E-state index in [1.807, 2.05) is 0 Å². The van der Waals surface area contributed by atoms with E-state index in [-0.39, 0.29) is 30.0 Å². The van der Waals surface area contributed by atoms with Crippen molar-refractivity contribution in [1.82, 2.24) is 10.2 Å². The highest BCUT2D eigenvalue weighted by Crippen LogP contribution is 2.45. The molecule has 2 atom stereocenters. The van der Waals surface area contributed by atoms with Gasteiger partial charge < -0.3 is 10.2 Å². The molecule has 3 rings (SSSR count). The summed E-state index contributed by atoms with van der Waals surface area (Å²) in [7, 11) is -3.36. The van der Waals surface area contributed by atoms with Crippen LogP contribution in [0.15, 0.2) is 48.2 Å². The van der Waals surface area contributed by atoms with Gasteiger partial charge in [0.1, 0.15) is 15.9 Å². The molecule has 0 aromatic heterocycles. The van der Waals surface area contributed by atoms with E-state index < -0.39 is 45.5 Å². The highest BCUT2D eigenvalue weighted by Gasteiger charge is 2.47. The number of carbonyl (C=O) groups excluding carboxylic acids is 2. The number of alkyl halides is 4. The maximum atomic E-state index is 13.2. The third-order valence-corrected chi connectivity index (χ3v) is 7.09. The lowest BCUT2D eigenvalue weighted by Crippen LogP contribution is -2.52. The van der Waals surface area contributed by atoms with Crippen LogP contribution in [0.1, 0.15) is 37.7 Å². The summed E-state index contributed by atoms with van der Waals surface area (Å²) in [5.41, 5.74) is 0.622. The predicted octanol–water partition coefficient (Wildman–Crippen LogP) is 3.76. The van der Waals surface area contributed by atoms with Gasteiger partial charge in [0.05, 0.1) is 5.75 Å². The number of rotatable bonds is 7. The first kappa shape index (κ1) is 27.2. The summed E-state index contributed by atoms with van der Waals surface area (Å²) < 4.78 is 66.8. The van der Waals surface area contributed by atoms with Gasteiger partial charge in [0.25, 0.3) is 0 Å². The lowest BCUT2D eigenvalue weighted by atomic mass is 9.92. The van der Waals surface area contributed by atoms with Crippen molar-refractivity contribution in [2.45, 2.75) is 49.6 Å². The molecule has 35 heavy (non-hydrogen) atoms. The largest absolute Gasteiger partial charge is 0.524 e. The third kappa shape index (κ3) is 7.55. The van der Waals surface area contributed by atoms with Gasteiger partial charge in [0.2, 0.25) is 11.8 Å². The molecule has 1 heterocycles. The van der Waals surface area contributed by atoms with Crippen molar-refractivity contribution < 1.29 is 35.9 Å². The topological polar surface area (TPSA) is 92.8 Å². The number of carbonyl (C=O) groups is 2. The van der Waals surface area contributed by atoms with Crippen molar-refractivity contribution in [3.05, 3.63) is 53.7 Å². The quantitative estimate of drug-likeness (QED) is 0.538. The van der Waals surface area contributed by atoms with E-state index in [0.29, 0.717) is 24.8 Å². The molecule has 1 saturated heterocycles. The Balaban J connectivity index is 1.80. The molecule has 2 aliphatic rings. The number of hydrogen-bond donors (Lipinski definition) is 1. The zero-order chi connectivity index (χ0) is 25.9. The number of ether oxygens (including phenoxy) is 1. The van der Waals surface area contributed by atoms with Crippen LogP contribution < -0.4 is 5.32 Å². The van der Waals surface area contributed by atoms with Gasteiger partial charge in [0.15, 0.2) is 5.06 Å². The Hall–Kier alpha value is -2.37. The Labute approximate surface area is 206 Å². The van der Waals surface area contributed by atoms with Gasteiger partial charge in [0, 0.05) is 36.9 Å². The van der Waals surface area contributed by atoms with Crippen LogP contribution in [0.25, 0.3) is 5.57 Å². The van der Waals surface area contributed by atoms with Gasteiger partial charge in [-0.1, -0.05) is 48.0 Å². The molecule has 2 unspecified atom stereocenters. The first-order valence-electron chi connectivity index (χ1n) is 11.0. The van der Waals surface area contributed by atoms with Crippen LogP contribution in [-0.2, 0) is 24.2 Å². The molecule has 0 bridgehead atoms. The Morgan fingerprint density at radius 2 is 1.89 bits per heavy atom. The lowest BCUT2D eigenvalue weighted by Gasteiger charge is -2.37. The summed E-state index contributed by atoms with van der Waals surface area (Å²) in [4.78, 5) is 27.0. The van der Waals surface area contributed by atoms with Gasteiger partial charge >= 0.3 is 6.36 Å². The Morgan fingerprint density at radius 3 is 2.51 bits per heavy atom. The third-order valence-electron chi connectivity index (χ3n) is 5.73. The van der Waals surface area contributed by atoms with E-state index in [2.05, 4.69) is 10.1 Å². The Bertz CT molecular complexity index is 1120. The van der Waals surface area contributed by atoms with E-state index in [4.69, 9.17) is 11.6 Å². The number of nitrogens with one attached hydrogen (secondary N) is 1. The summed E-state index contributed by atoms with van der Waals surface area (Å²) in [5.74, 6) is -1.38. The standard InChI is InChI=1S/C23H26ClF3N2O5S/c1-35(32,33)14-12-20(30)29-13-6-5-9-19(29)21(31)28-17-10-11-18(16-7-3-2-4-8-16)22(24,15-17)34-23(25,26)27/h2-4,7-8,10-11,19H,5-6,9,12-15H2,1H3,(H,28,31).